The summed E-state index contributed by atoms with van der Waals surface area (Å²) in [5, 5.41) is 0. The molecule has 0 amide bonds. The molecule has 1 aliphatic carbocycles. The highest BCUT2D eigenvalue weighted by Gasteiger charge is 2.55. The molecular weight excluding hydrogens is 267 g/mol. The van der Waals surface area contributed by atoms with Gasteiger partial charge in [0.15, 0.2) is 5.66 Å². The van der Waals surface area contributed by atoms with Gasteiger partial charge in [0.25, 0.3) is 0 Å². The molecule has 0 radical (unpaired) electrons. The first-order valence-corrected chi connectivity index (χ1v) is 8.83. The number of hydrogen-bond donors (Lipinski definition) is 0. The van der Waals surface area contributed by atoms with Crippen LogP contribution in [0.3, 0.4) is 0 Å². The smallest absolute Gasteiger partial charge is 0.345 e. The predicted molar refractivity (Wildman–Crippen MR) is 71.1 cm³/mol. The fraction of sp³-hybridized carbons (Fsp3) is 0.923. The van der Waals surface area contributed by atoms with Gasteiger partial charge in [-0.25, -0.2) is 0 Å². The molecule has 1 saturated heterocycles. The van der Waals surface area contributed by atoms with Gasteiger partial charge in [0.05, 0.1) is 13.2 Å². The lowest BCUT2D eigenvalue weighted by molar-refractivity contribution is -0.141. The monoisotopic (exact) mass is 290 g/mol. The van der Waals surface area contributed by atoms with Gasteiger partial charge < -0.3 is 13.8 Å². The van der Waals surface area contributed by atoms with Crippen LogP contribution in [0.2, 0.25) is 0 Å². The standard InChI is InChI=1S/C13H23O5P/c1-3-16-19(15,17-4-2)12-10-8-6-5-7-9-11(10)18-13(12)14/h10-12H,3-9H2,1-2H3/t10-,11-,12+/m0/s1. The van der Waals surface area contributed by atoms with E-state index < -0.39 is 19.2 Å². The normalized spacial score (nSPS) is 31.7. The fourth-order valence-corrected chi connectivity index (χ4v) is 5.37. The summed E-state index contributed by atoms with van der Waals surface area (Å²) < 4.78 is 29.0. The third-order valence-electron chi connectivity index (χ3n) is 3.88. The van der Waals surface area contributed by atoms with Crippen LogP contribution in [0.1, 0.15) is 46.0 Å². The van der Waals surface area contributed by atoms with Crippen LogP contribution < -0.4 is 0 Å². The number of ether oxygens (including phenoxy) is 1. The van der Waals surface area contributed by atoms with Crippen molar-refractivity contribution in [3.63, 3.8) is 0 Å². The largest absolute Gasteiger partial charge is 0.461 e. The molecule has 0 aromatic heterocycles. The summed E-state index contributed by atoms with van der Waals surface area (Å²) in [6.45, 7) is 4.07. The maximum Gasteiger partial charge on any atom is 0.345 e. The lowest BCUT2D eigenvalue weighted by Gasteiger charge is -2.25. The summed E-state index contributed by atoms with van der Waals surface area (Å²) in [7, 11) is -3.41. The molecule has 2 rings (SSSR count). The lowest BCUT2D eigenvalue weighted by atomic mass is 9.96. The molecule has 19 heavy (non-hydrogen) atoms. The molecule has 0 N–H and O–H groups in total. The van der Waals surface area contributed by atoms with Crippen molar-refractivity contribution >= 4 is 13.6 Å². The van der Waals surface area contributed by atoms with Gasteiger partial charge in [0.2, 0.25) is 0 Å². The Kier molecular flexibility index (Phi) is 5.04. The van der Waals surface area contributed by atoms with E-state index in [1.807, 2.05) is 0 Å². The first-order valence-electron chi connectivity index (χ1n) is 7.21. The Morgan fingerprint density at radius 3 is 2.42 bits per heavy atom. The van der Waals surface area contributed by atoms with Crippen LogP contribution in [0.25, 0.3) is 0 Å². The average molecular weight is 290 g/mol. The van der Waals surface area contributed by atoms with E-state index in [0.717, 1.165) is 32.1 Å². The molecule has 2 aliphatic rings. The van der Waals surface area contributed by atoms with Gasteiger partial charge in [-0.15, -0.1) is 0 Å². The van der Waals surface area contributed by atoms with Gasteiger partial charge in [-0.3, -0.25) is 9.36 Å². The number of hydrogen-bond acceptors (Lipinski definition) is 5. The number of carbonyl (C=O) groups is 1. The summed E-state index contributed by atoms with van der Waals surface area (Å²) in [6, 6.07) is 0. The molecule has 5 nitrogen and oxygen atoms in total. The molecule has 1 heterocycles. The SMILES string of the molecule is CCOP(=O)(OCC)[C@H]1C(=O)O[C@H]2CCCCC[C@@H]21. The summed E-state index contributed by atoms with van der Waals surface area (Å²) in [5.74, 6) is -0.416. The average Bonchev–Trinajstić information content (AvgIpc) is 2.53. The lowest BCUT2D eigenvalue weighted by Crippen LogP contribution is -2.27. The predicted octanol–water partition coefficient (Wildman–Crippen LogP) is 3.13. The Hall–Kier alpha value is -0.380. The van der Waals surface area contributed by atoms with Crippen molar-refractivity contribution in [1.82, 2.24) is 0 Å². The summed E-state index contributed by atoms with van der Waals surface area (Å²) in [5.41, 5.74) is -0.726. The van der Waals surface area contributed by atoms with Crippen LogP contribution in [-0.4, -0.2) is 30.9 Å². The van der Waals surface area contributed by atoms with Crippen LogP contribution in [0, 0.1) is 5.92 Å². The van der Waals surface area contributed by atoms with Gasteiger partial charge in [0.1, 0.15) is 6.10 Å². The van der Waals surface area contributed by atoms with Crippen LogP contribution in [0.15, 0.2) is 0 Å². The molecule has 0 unspecified atom stereocenters. The highest BCUT2D eigenvalue weighted by molar-refractivity contribution is 7.55. The van der Waals surface area contributed by atoms with Crippen molar-refractivity contribution in [2.24, 2.45) is 5.92 Å². The molecule has 0 aromatic rings. The van der Waals surface area contributed by atoms with Crippen LogP contribution in [0.4, 0.5) is 0 Å². The number of rotatable bonds is 5. The summed E-state index contributed by atoms with van der Waals surface area (Å²) in [4.78, 5) is 12.1. The summed E-state index contributed by atoms with van der Waals surface area (Å²) in [6.07, 6.45) is 4.89. The van der Waals surface area contributed by atoms with Crippen molar-refractivity contribution in [2.75, 3.05) is 13.2 Å². The molecular formula is C13H23O5P. The Bertz CT molecular complexity index is 360. The Morgan fingerprint density at radius 2 is 1.79 bits per heavy atom. The first kappa shape index (κ1) is 15.0. The minimum Gasteiger partial charge on any atom is -0.461 e. The molecule has 0 spiro atoms. The van der Waals surface area contributed by atoms with Crippen molar-refractivity contribution in [2.45, 2.75) is 57.7 Å². The Morgan fingerprint density at radius 1 is 1.16 bits per heavy atom. The maximum absolute atomic E-state index is 12.8. The molecule has 6 heteroatoms. The van der Waals surface area contributed by atoms with E-state index in [-0.39, 0.29) is 25.2 Å². The van der Waals surface area contributed by atoms with E-state index in [1.165, 1.54) is 0 Å². The van der Waals surface area contributed by atoms with Crippen LogP contribution >= 0.6 is 7.60 Å². The maximum atomic E-state index is 12.8. The number of esters is 1. The van der Waals surface area contributed by atoms with E-state index >= 15 is 0 Å². The van der Waals surface area contributed by atoms with Gasteiger partial charge >= 0.3 is 13.6 Å². The van der Waals surface area contributed by atoms with Crippen molar-refractivity contribution < 1.29 is 23.1 Å². The van der Waals surface area contributed by atoms with Gasteiger partial charge in [0, 0.05) is 5.92 Å². The first-order chi connectivity index (χ1) is 9.12. The zero-order valence-corrected chi connectivity index (χ0v) is 12.6. The topological polar surface area (TPSA) is 61.8 Å². The third kappa shape index (κ3) is 3.04. The van der Waals surface area contributed by atoms with Crippen LogP contribution in [-0.2, 0) is 23.1 Å². The number of fused-ring (bicyclic) bond motifs is 1. The van der Waals surface area contributed by atoms with E-state index in [9.17, 15) is 9.36 Å². The molecule has 0 bridgehead atoms. The van der Waals surface area contributed by atoms with Crippen molar-refractivity contribution in [3.8, 4) is 0 Å². The van der Waals surface area contributed by atoms with Gasteiger partial charge in [-0.2, -0.15) is 0 Å². The molecule has 2 fully saturated rings. The third-order valence-corrected chi connectivity index (χ3v) is 6.39. The van der Waals surface area contributed by atoms with Crippen molar-refractivity contribution in [1.29, 1.82) is 0 Å². The number of carbonyl (C=O) groups excluding carboxylic acids is 1. The molecule has 0 aromatic carbocycles. The zero-order valence-electron chi connectivity index (χ0n) is 11.7. The van der Waals surface area contributed by atoms with E-state index in [4.69, 9.17) is 13.8 Å². The van der Waals surface area contributed by atoms with Gasteiger partial charge in [-0.05, 0) is 33.1 Å². The van der Waals surface area contributed by atoms with E-state index in [1.54, 1.807) is 13.8 Å². The van der Waals surface area contributed by atoms with E-state index in [2.05, 4.69) is 0 Å². The summed E-state index contributed by atoms with van der Waals surface area (Å²) >= 11 is 0. The Labute approximate surface area is 114 Å². The highest BCUT2D eigenvalue weighted by Crippen LogP contribution is 2.60. The van der Waals surface area contributed by atoms with Crippen LogP contribution in [0.5, 0.6) is 0 Å². The van der Waals surface area contributed by atoms with E-state index in [0.29, 0.717) is 0 Å². The van der Waals surface area contributed by atoms with Crippen molar-refractivity contribution in [3.05, 3.63) is 0 Å². The molecule has 1 aliphatic heterocycles. The minimum absolute atomic E-state index is 0.0149. The Balaban J connectivity index is 2.24. The fourth-order valence-electron chi connectivity index (χ4n) is 3.12. The second kappa shape index (κ2) is 6.38. The highest BCUT2D eigenvalue weighted by atomic mass is 31.2. The minimum atomic E-state index is -3.41. The zero-order chi connectivity index (χ0) is 13.9. The molecule has 1 saturated carbocycles. The molecule has 110 valence electrons. The molecule has 3 atom stereocenters. The second-order valence-electron chi connectivity index (χ2n) is 5.10. The quantitative estimate of drug-likeness (QED) is 0.575. The second-order valence-corrected chi connectivity index (χ2v) is 7.25. The van der Waals surface area contributed by atoms with Gasteiger partial charge in [-0.1, -0.05) is 12.8 Å².